The van der Waals surface area contributed by atoms with Crippen molar-refractivity contribution in [2.45, 2.75) is 44.9 Å². The summed E-state index contributed by atoms with van der Waals surface area (Å²) in [6.45, 7) is 4.36. The highest BCUT2D eigenvalue weighted by Gasteiger charge is 2.31. The molecule has 1 aromatic heterocycles. The molecule has 0 aliphatic heterocycles. The summed E-state index contributed by atoms with van der Waals surface area (Å²) in [7, 11) is 0. The number of aryl methyl sites for hydroxylation is 1. The van der Waals surface area contributed by atoms with Gasteiger partial charge in [-0.1, -0.05) is 31.2 Å². The molecule has 1 aromatic carbocycles. The zero-order valence-corrected chi connectivity index (χ0v) is 12.8. The number of hydrogen-bond donors (Lipinski definition) is 2. The minimum absolute atomic E-state index is 0.0494. The monoisotopic (exact) mass is 287 g/mol. The van der Waals surface area contributed by atoms with E-state index in [0.29, 0.717) is 0 Å². The molecule has 0 saturated heterocycles. The Hall–Kier alpha value is -1.16. The number of fused-ring (bicyclic) bond motifs is 1. The van der Waals surface area contributed by atoms with E-state index < -0.39 is 0 Å². The van der Waals surface area contributed by atoms with Crippen molar-refractivity contribution in [3.63, 3.8) is 0 Å². The highest BCUT2D eigenvalue weighted by Crippen LogP contribution is 2.34. The Labute approximate surface area is 124 Å². The molecule has 3 atom stereocenters. The molecule has 106 valence electrons. The Morgan fingerprint density at radius 3 is 2.85 bits per heavy atom. The third-order valence-corrected chi connectivity index (χ3v) is 5.50. The van der Waals surface area contributed by atoms with E-state index in [0.717, 1.165) is 12.8 Å². The Kier molecular flexibility index (Phi) is 3.92. The van der Waals surface area contributed by atoms with Gasteiger partial charge in [0.05, 0.1) is 12.1 Å². The first-order valence-electron chi connectivity index (χ1n) is 7.29. The van der Waals surface area contributed by atoms with E-state index in [4.69, 9.17) is 0 Å². The average molecular weight is 287 g/mol. The van der Waals surface area contributed by atoms with Crippen LogP contribution in [-0.4, -0.2) is 11.2 Å². The Morgan fingerprint density at radius 2 is 2.10 bits per heavy atom. The summed E-state index contributed by atoms with van der Waals surface area (Å²) in [6, 6.07) is 13.1. The van der Waals surface area contributed by atoms with Gasteiger partial charge in [0.2, 0.25) is 0 Å². The van der Waals surface area contributed by atoms with Crippen molar-refractivity contribution >= 4 is 11.3 Å². The molecule has 1 heterocycles. The Bertz CT molecular complexity index is 592. The lowest BCUT2D eigenvalue weighted by Gasteiger charge is -2.22. The minimum atomic E-state index is -0.319. The smallest absolute Gasteiger partial charge is 0.0775 e. The van der Waals surface area contributed by atoms with Crippen molar-refractivity contribution in [3.8, 4) is 0 Å². The lowest BCUT2D eigenvalue weighted by Crippen LogP contribution is -2.30. The van der Waals surface area contributed by atoms with Crippen LogP contribution < -0.4 is 5.32 Å². The summed E-state index contributed by atoms with van der Waals surface area (Å²) in [4.78, 5) is 2.76. The topological polar surface area (TPSA) is 32.3 Å². The quantitative estimate of drug-likeness (QED) is 0.900. The van der Waals surface area contributed by atoms with Crippen LogP contribution in [0.3, 0.4) is 0 Å². The molecule has 1 aliphatic rings. The van der Waals surface area contributed by atoms with Crippen LogP contribution in [0.15, 0.2) is 36.4 Å². The van der Waals surface area contributed by atoms with E-state index >= 15 is 0 Å². The fourth-order valence-electron chi connectivity index (χ4n) is 2.94. The zero-order chi connectivity index (χ0) is 14.1. The van der Waals surface area contributed by atoms with Crippen LogP contribution in [0.1, 0.15) is 46.8 Å². The minimum Gasteiger partial charge on any atom is -0.391 e. The molecule has 3 rings (SSSR count). The summed E-state index contributed by atoms with van der Waals surface area (Å²) >= 11 is 1.86. The van der Waals surface area contributed by atoms with Gasteiger partial charge in [-0.2, -0.15) is 0 Å². The molecule has 1 aliphatic carbocycles. The molecule has 0 saturated carbocycles. The van der Waals surface area contributed by atoms with Crippen LogP contribution in [0, 0.1) is 0 Å². The lowest BCUT2D eigenvalue weighted by molar-refractivity contribution is 0.136. The Balaban J connectivity index is 1.77. The SMILES string of the molecule is CCc1ccc(C(C)NC2c3ccccc3CC2O)s1. The molecule has 3 unspecified atom stereocenters. The molecular weight excluding hydrogens is 266 g/mol. The molecule has 20 heavy (non-hydrogen) atoms. The molecule has 2 nitrogen and oxygen atoms in total. The lowest BCUT2D eigenvalue weighted by atomic mass is 10.1. The predicted molar refractivity (Wildman–Crippen MR) is 84.1 cm³/mol. The predicted octanol–water partition coefficient (Wildman–Crippen LogP) is 3.62. The van der Waals surface area contributed by atoms with Crippen molar-refractivity contribution < 1.29 is 5.11 Å². The van der Waals surface area contributed by atoms with Crippen LogP contribution in [-0.2, 0) is 12.8 Å². The number of rotatable bonds is 4. The van der Waals surface area contributed by atoms with E-state index in [2.05, 4.69) is 49.5 Å². The molecular formula is C17H21NOS. The van der Waals surface area contributed by atoms with E-state index in [9.17, 15) is 5.11 Å². The maximum absolute atomic E-state index is 10.3. The molecule has 0 fully saturated rings. The first-order chi connectivity index (χ1) is 9.69. The zero-order valence-electron chi connectivity index (χ0n) is 12.0. The largest absolute Gasteiger partial charge is 0.391 e. The molecule has 0 radical (unpaired) electrons. The van der Waals surface area contributed by atoms with Crippen molar-refractivity contribution in [2.24, 2.45) is 0 Å². The van der Waals surface area contributed by atoms with E-state index in [1.165, 1.54) is 20.9 Å². The van der Waals surface area contributed by atoms with Crippen LogP contribution in [0.5, 0.6) is 0 Å². The maximum Gasteiger partial charge on any atom is 0.0775 e. The number of benzene rings is 1. The number of aliphatic hydroxyl groups excluding tert-OH is 1. The maximum atomic E-state index is 10.3. The van der Waals surface area contributed by atoms with Crippen LogP contribution in [0.2, 0.25) is 0 Å². The van der Waals surface area contributed by atoms with Gasteiger partial charge in [-0.15, -0.1) is 11.3 Å². The Morgan fingerprint density at radius 1 is 1.30 bits per heavy atom. The second-order valence-electron chi connectivity index (χ2n) is 5.49. The van der Waals surface area contributed by atoms with Crippen LogP contribution in [0.4, 0.5) is 0 Å². The third-order valence-electron chi connectivity index (χ3n) is 4.09. The summed E-state index contributed by atoms with van der Waals surface area (Å²) in [5.41, 5.74) is 2.52. The van der Waals surface area contributed by atoms with Gasteiger partial charge in [0, 0.05) is 22.2 Å². The average Bonchev–Trinajstić information content (AvgIpc) is 3.04. The van der Waals surface area contributed by atoms with Gasteiger partial charge in [-0.3, -0.25) is 0 Å². The fraction of sp³-hybridized carbons (Fsp3) is 0.412. The van der Waals surface area contributed by atoms with Crippen molar-refractivity contribution in [3.05, 3.63) is 57.3 Å². The first kappa shape index (κ1) is 13.8. The second kappa shape index (κ2) is 5.68. The third kappa shape index (κ3) is 2.53. The summed E-state index contributed by atoms with van der Waals surface area (Å²) in [6.07, 6.45) is 1.53. The van der Waals surface area contributed by atoms with E-state index in [1.54, 1.807) is 0 Å². The van der Waals surface area contributed by atoms with Gasteiger partial charge in [0.1, 0.15) is 0 Å². The highest BCUT2D eigenvalue weighted by atomic mass is 32.1. The summed E-state index contributed by atoms with van der Waals surface area (Å²) < 4.78 is 0. The fourth-order valence-corrected chi connectivity index (χ4v) is 3.91. The van der Waals surface area contributed by atoms with Gasteiger partial charge in [0.15, 0.2) is 0 Å². The van der Waals surface area contributed by atoms with Crippen molar-refractivity contribution in [1.82, 2.24) is 5.32 Å². The molecule has 0 bridgehead atoms. The van der Waals surface area contributed by atoms with Crippen molar-refractivity contribution in [2.75, 3.05) is 0 Å². The van der Waals surface area contributed by atoms with Gasteiger partial charge in [0.25, 0.3) is 0 Å². The second-order valence-corrected chi connectivity index (χ2v) is 6.69. The van der Waals surface area contributed by atoms with Gasteiger partial charge in [-0.05, 0) is 36.6 Å². The van der Waals surface area contributed by atoms with Crippen LogP contribution in [0.25, 0.3) is 0 Å². The molecule has 0 amide bonds. The summed E-state index contributed by atoms with van der Waals surface area (Å²) in [5, 5.41) is 13.9. The molecule has 3 heteroatoms. The van der Waals surface area contributed by atoms with E-state index in [1.807, 2.05) is 17.4 Å². The number of hydrogen-bond acceptors (Lipinski definition) is 3. The molecule has 0 spiro atoms. The summed E-state index contributed by atoms with van der Waals surface area (Å²) in [5.74, 6) is 0. The van der Waals surface area contributed by atoms with E-state index in [-0.39, 0.29) is 18.2 Å². The highest BCUT2D eigenvalue weighted by molar-refractivity contribution is 7.12. The standard InChI is InChI=1S/C17H21NOS/c1-3-13-8-9-16(20-13)11(2)18-17-14-7-5-4-6-12(14)10-15(17)19/h4-9,11,15,17-19H,3,10H2,1-2H3. The number of thiophene rings is 1. The molecule has 2 N–H and O–H groups in total. The molecule has 2 aromatic rings. The van der Waals surface area contributed by atoms with Gasteiger partial charge < -0.3 is 10.4 Å². The van der Waals surface area contributed by atoms with Crippen LogP contribution >= 0.6 is 11.3 Å². The first-order valence-corrected chi connectivity index (χ1v) is 8.11. The number of nitrogens with one attached hydrogen (secondary N) is 1. The van der Waals surface area contributed by atoms with Crippen molar-refractivity contribution in [1.29, 1.82) is 0 Å². The number of aliphatic hydroxyl groups is 1. The van der Waals surface area contributed by atoms with Gasteiger partial charge in [-0.25, -0.2) is 0 Å². The normalized spacial score (nSPS) is 22.8. The van der Waals surface area contributed by atoms with Gasteiger partial charge >= 0.3 is 0 Å².